The second-order valence-electron chi connectivity index (χ2n) is 9.04. The van der Waals surface area contributed by atoms with Gasteiger partial charge in [0.1, 0.15) is 18.1 Å². The summed E-state index contributed by atoms with van der Waals surface area (Å²) in [5, 5.41) is 5.65. The molecule has 34 heavy (non-hydrogen) atoms. The summed E-state index contributed by atoms with van der Waals surface area (Å²) in [7, 11) is 0. The first kappa shape index (κ1) is 25.5. The summed E-state index contributed by atoms with van der Waals surface area (Å²) in [4.78, 5) is 52.7. The van der Waals surface area contributed by atoms with E-state index in [0.717, 1.165) is 0 Å². The van der Waals surface area contributed by atoms with Gasteiger partial charge >= 0.3 is 5.97 Å². The lowest BCUT2D eigenvalue weighted by molar-refractivity contribution is -0.164. The van der Waals surface area contributed by atoms with Crippen molar-refractivity contribution in [3.63, 3.8) is 0 Å². The molecule has 0 unspecified atom stereocenters. The lowest BCUT2D eigenvalue weighted by atomic mass is 10.00. The van der Waals surface area contributed by atoms with Crippen LogP contribution in [0.25, 0.3) is 0 Å². The Hall–Kier alpha value is -3.14. The molecule has 0 bridgehead atoms. The third kappa shape index (κ3) is 5.49. The SMILES string of the molecule is CCO[C@@H]1OC(=O)C[C@@H]1NC(=O)[C@@H]1CCCN1C(=O)[C@@H](NC(=O)c1cccc(N)c1C)C(C)C. The highest BCUT2D eigenvalue weighted by Crippen LogP contribution is 2.23. The van der Waals surface area contributed by atoms with Gasteiger partial charge < -0.3 is 30.7 Å². The van der Waals surface area contributed by atoms with Gasteiger partial charge in [-0.25, -0.2) is 0 Å². The number of nitrogens with one attached hydrogen (secondary N) is 2. The maximum atomic E-state index is 13.5. The first-order valence-corrected chi connectivity index (χ1v) is 11.7. The predicted octanol–water partition coefficient (Wildman–Crippen LogP) is 1.12. The number of amides is 3. The zero-order chi connectivity index (χ0) is 25.0. The van der Waals surface area contributed by atoms with Gasteiger partial charge in [0.2, 0.25) is 18.1 Å². The lowest BCUT2D eigenvalue weighted by Gasteiger charge is -2.31. The number of ether oxygens (including phenoxy) is 2. The van der Waals surface area contributed by atoms with E-state index in [4.69, 9.17) is 15.2 Å². The number of nitrogen functional groups attached to an aromatic ring is 1. The van der Waals surface area contributed by atoms with E-state index in [1.54, 1.807) is 32.0 Å². The molecule has 0 spiro atoms. The third-order valence-electron chi connectivity index (χ3n) is 6.30. The van der Waals surface area contributed by atoms with Crippen LogP contribution in [0.1, 0.15) is 56.0 Å². The fraction of sp³-hybridized carbons (Fsp3) is 0.583. The Morgan fingerprint density at radius 3 is 2.71 bits per heavy atom. The normalized spacial score (nSPS) is 23.0. The fourth-order valence-electron chi connectivity index (χ4n) is 4.36. The molecule has 10 heteroatoms. The van der Waals surface area contributed by atoms with E-state index in [0.29, 0.717) is 42.8 Å². The summed E-state index contributed by atoms with van der Waals surface area (Å²) < 4.78 is 10.5. The minimum Gasteiger partial charge on any atom is -0.433 e. The standard InChI is InChI=1S/C24H34N4O6/c1-5-33-24-17(12-19(29)34-24)26-22(31)18-10-7-11-28(18)23(32)20(13(2)3)27-21(30)15-8-6-9-16(25)14(15)4/h6,8-9,13,17-18,20,24H,5,7,10-12,25H2,1-4H3,(H,26,31)(H,27,30)/t17-,18-,20-,24+/m0/s1. The van der Waals surface area contributed by atoms with Crippen LogP contribution >= 0.6 is 0 Å². The van der Waals surface area contributed by atoms with Crippen molar-refractivity contribution in [3.05, 3.63) is 29.3 Å². The summed E-state index contributed by atoms with van der Waals surface area (Å²) >= 11 is 0. The molecule has 2 heterocycles. The number of nitrogens with zero attached hydrogens (tertiary/aromatic N) is 1. The van der Waals surface area contributed by atoms with E-state index in [2.05, 4.69) is 10.6 Å². The molecule has 4 N–H and O–H groups in total. The number of likely N-dealkylation sites (tertiary alicyclic amines) is 1. The highest BCUT2D eigenvalue weighted by atomic mass is 16.7. The number of hydrogen-bond donors (Lipinski definition) is 3. The first-order valence-electron chi connectivity index (χ1n) is 11.7. The summed E-state index contributed by atoms with van der Waals surface area (Å²) in [6, 6.07) is 2.95. The Kier molecular flexibility index (Phi) is 8.14. The Morgan fingerprint density at radius 2 is 2.03 bits per heavy atom. The number of carbonyl (C=O) groups excluding carboxylic acids is 4. The van der Waals surface area contributed by atoms with Crippen molar-refractivity contribution < 1.29 is 28.7 Å². The number of carbonyl (C=O) groups is 4. The van der Waals surface area contributed by atoms with E-state index in [1.165, 1.54) is 4.90 Å². The maximum absolute atomic E-state index is 13.5. The van der Waals surface area contributed by atoms with Crippen LogP contribution in [-0.4, -0.2) is 66.2 Å². The van der Waals surface area contributed by atoms with E-state index in [-0.39, 0.29) is 24.2 Å². The predicted molar refractivity (Wildman–Crippen MR) is 124 cm³/mol. The van der Waals surface area contributed by atoms with Gasteiger partial charge in [-0.1, -0.05) is 19.9 Å². The number of benzene rings is 1. The molecule has 2 saturated heterocycles. The molecule has 3 amide bonds. The second-order valence-corrected chi connectivity index (χ2v) is 9.04. The number of hydrogen-bond acceptors (Lipinski definition) is 7. The largest absolute Gasteiger partial charge is 0.433 e. The highest BCUT2D eigenvalue weighted by Gasteiger charge is 2.42. The van der Waals surface area contributed by atoms with E-state index >= 15 is 0 Å². The Bertz CT molecular complexity index is 949. The van der Waals surface area contributed by atoms with Gasteiger partial charge in [0, 0.05) is 24.4 Å². The van der Waals surface area contributed by atoms with Gasteiger partial charge in [0.15, 0.2) is 0 Å². The number of rotatable bonds is 8. The van der Waals surface area contributed by atoms with Gasteiger partial charge in [-0.05, 0) is 50.3 Å². The van der Waals surface area contributed by atoms with Gasteiger partial charge in [-0.15, -0.1) is 0 Å². The molecule has 2 fully saturated rings. The highest BCUT2D eigenvalue weighted by molar-refractivity contribution is 6.00. The molecular weight excluding hydrogens is 440 g/mol. The van der Waals surface area contributed by atoms with Crippen LogP contribution < -0.4 is 16.4 Å². The number of esters is 1. The summed E-state index contributed by atoms with van der Waals surface area (Å²) in [6.07, 6.45) is 0.329. The summed E-state index contributed by atoms with van der Waals surface area (Å²) in [6.45, 7) is 7.95. The van der Waals surface area contributed by atoms with Crippen molar-refractivity contribution in [2.75, 3.05) is 18.9 Å². The van der Waals surface area contributed by atoms with Crippen LogP contribution in [0.3, 0.4) is 0 Å². The zero-order valence-electron chi connectivity index (χ0n) is 20.1. The number of anilines is 1. The van der Waals surface area contributed by atoms with Crippen molar-refractivity contribution in [2.24, 2.45) is 5.92 Å². The number of cyclic esters (lactones) is 1. The molecular formula is C24H34N4O6. The molecule has 0 aromatic heterocycles. The fourth-order valence-corrected chi connectivity index (χ4v) is 4.36. The van der Waals surface area contributed by atoms with Crippen LogP contribution in [-0.2, 0) is 23.9 Å². The number of nitrogens with two attached hydrogens (primary N) is 1. The third-order valence-corrected chi connectivity index (χ3v) is 6.30. The summed E-state index contributed by atoms with van der Waals surface area (Å²) in [5.74, 6) is -1.71. The minimum atomic E-state index is -0.837. The van der Waals surface area contributed by atoms with Crippen molar-refractivity contribution in [1.29, 1.82) is 0 Å². The molecule has 2 aliphatic heterocycles. The van der Waals surface area contributed by atoms with Crippen LogP contribution in [0.4, 0.5) is 5.69 Å². The van der Waals surface area contributed by atoms with Crippen LogP contribution in [0.15, 0.2) is 18.2 Å². The molecule has 0 radical (unpaired) electrons. The average Bonchev–Trinajstić information content (AvgIpc) is 3.40. The van der Waals surface area contributed by atoms with E-state index in [1.807, 2.05) is 13.8 Å². The van der Waals surface area contributed by atoms with Gasteiger partial charge in [0.05, 0.1) is 6.42 Å². The first-order chi connectivity index (χ1) is 16.1. The van der Waals surface area contributed by atoms with Gasteiger partial charge in [-0.3, -0.25) is 19.2 Å². The van der Waals surface area contributed by atoms with Crippen LogP contribution in [0, 0.1) is 12.8 Å². The van der Waals surface area contributed by atoms with Crippen molar-refractivity contribution >= 4 is 29.4 Å². The average molecular weight is 475 g/mol. The van der Waals surface area contributed by atoms with E-state index in [9.17, 15) is 19.2 Å². The smallest absolute Gasteiger partial charge is 0.310 e. The van der Waals surface area contributed by atoms with Crippen molar-refractivity contribution in [3.8, 4) is 0 Å². The van der Waals surface area contributed by atoms with Gasteiger partial charge in [-0.2, -0.15) is 0 Å². The molecule has 0 saturated carbocycles. The van der Waals surface area contributed by atoms with Crippen molar-refractivity contribution in [2.45, 2.75) is 71.4 Å². The lowest BCUT2D eigenvalue weighted by Crippen LogP contribution is -2.56. The Morgan fingerprint density at radius 1 is 1.29 bits per heavy atom. The molecule has 4 atom stereocenters. The monoisotopic (exact) mass is 474 g/mol. The zero-order valence-corrected chi connectivity index (χ0v) is 20.1. The van der Waals surface area contributed by atoms with Crippen LogP contribution in [0.5, 0.6) is 0 Å². The van der Waals surface area contributed by atoms with E-state index < -0.39 is 36.3 Å². The minimum absolute atomic E-state index is 0.0152. The Labute approximate surface area is 199 Å². The quantitative estimate of drug-likeness (QED) is 0.379. The second kappa shape index (κ2) is 10.9. The van der Waals surface area contributed by atoms with Gasteiger partial charge in [0.25, 0.3) is 5.91 Å². The molecule has 10 nitrogen and oxygen atoms in total. The molecule has 2 aliphatic rings. The molecule has 0 aliphatic carbocycles. The Balaban J connectivity index is 1.71. The molecule has 1 aromatic rings. The molecule has 1 aromatic carbocycles. The maximum Gasteiger partial charge on any atom is 0.310 e. The summed E-state index contributed by atoms with van der Waals surface area (Å²) in [5.41, 5.74) is 7.47. The topological polar surface area (TPSA) is 140 Å². The molecule has 3 rings (SSSR count). The van der Waals surface area contributed by atoms with Crippen molar-refractivity contribution in [1.82, 2.24) is 15.5 Å². The molecule has 186 valence electrons. The van der Waals surface area contributed by atoms with Crippen LogP contribution in [0.2, 0.25) is 0 Å².